The van der Waals surface area contributed by atoms with Gasteiger partial charge in [-0.2, -0.15) is 5.26 Å². The molecule has 20 heavy (non-hydrogen) atoms. The molecule has 0 radical (unpaired) electrons. The molecule has 1 N–H and O–H groups in total. The van der Waals surface area contributed by atoms with E-state index in [9.17, 15) is 4.79 Å². The number of rotatable bonds is 3. The number of nitrogens with one attached hydrogen (secondary N) is 1. The van der Waals surface area contributed by atoms with Crippen molar-refractivity contribution in [3.63, 3.8) is 0 Å². The van der Waals surface area contributed by atoms with Crippen LogP contribution in [0.4, 0.5) is 5.69 Å². The second-order valence-corrected chi connectivity index (χ2v) is 4.73. The number of nitriles is 1. The molecular weight excluding hydrogens is 322 g/mol. The Hall–Kier alpha value is -2.39. The molecule has 6 heteroatoms. The molecule has 0 saturated heterocycles. The maximum Gasteiger partial charge on any atom is 0.274 e. The van der Waals surface area contributed by atoms with E-state index in [0.29, 0.717) is 17.0 Å². The summed E-state index contributed by atoms with van der Waals surface area (Å²) in [5, 5.41) is 11.7. The smallest absolute Gasteiger partial charge is 0.274 e. The first-order valence-electron chi connectivity index (χ1n) is 5.65. The maximum absolute atomic E-state index is 12.1. The summed E-state index contributed by atoms with van der Waals surface area (Å²) in [5.74, 6) is 0.0213. The van der Waals surface area contributed by atoms with Gasteiger partial charge in [0.05, 0.1) is 12.7 Å². The van der Waals surface area contributed by atoms with Crippen molar-refractivity contribution in [2.75, 3.05) is 12.4 Å². The van der Waals surface area contributed by atoms with E-state index in [-0.39, 0.29) is 5.69 Å². The SMILES string of the molecule is COc1cccc(C#N)c1NC(=O)c1ccc(Br)cn1. The second kappa shape index (κ2) is 6.17. The van der Waals surface area contributed by atoms with Gasteiger partial charge in [-0.05, 0) is 40.2 Å². The van der Waals surface area contributed by atoms with Crippen molar-refractivity contribution in [3.05, 3.63) is 52.3 Å². The number of ether oxygens (including phenoxy) is 1. The van der Waals surface area contributed by atoms with E-state index in [0.717, 1.165) is 4.47 Å². The molecule has 1 heterocycles. The van der Waals surface area contributed by atoms with Gasteiger partial charge in [-0.15, -0.1) is 0 Å². The number of pyridine rings is 1. The lowest BCUT2D eigenvalue weighted by Crippen LogP contribution is -2.15. The summed E-state index contributed by atoms with van der Waals surface area (Å²) >= 11 is 3.25. The molecule has 0 bridgehead atoms. The maximum atomic E-state index is 12.1. The Bertz CT molecular complexity index is 678. The van der Waals surface area contributed by atoms with E-state index in [2.05, 4.69) is 26.2 Å². The molecule has 0 saturated carbocycles. The van der Waals surface area contributed by atoms with Gasteiger partial charge < -0.3 is 10.1 Å². The van der Waals surface area contributed by atoms with Gasteiger partial charge in [0.25, 0.3) is 5.91 Å². The fraction of sp³-hybridized carbons (Fsp3) is 0.0714. The van der Waals surface area contributed by atoms with Crippen LogP contribution >= 0.6 is 15.9 Å². The van der Waals surface area contributed by atoms with E-state index in [4.69, 9.17) is 10.00 Å². The average molecular weight is 332 g/mol. The van der Waals surface area contributed by atoms with Crippen molar-refractivity contribution in [2.24, 2.45) is 0 Å². The lowest BCUT2D eigenvalue weighted by atomic mass is 10.1. The average Bonchev–Trinajstić information content (AvgIpc) is 2.48. The van der Waals surface area contributed by atoms with Crippen LogP contribution < -0.4 is 10.1 Å². The van der Waals surface area contributed by atoms with Crippen LogP contribution in [0.25, 0.3) is 0 Å². The molecule has 0 aliphatic rings. The molecule has 0 fully saturated rings. The summed E-state index contributed by atoms with van der Waals surface area (Å²) in [4.78, 5) is 16.1. The van der Waals surface area contributed by atoms with Crippen molar-refractivity contribution in [3.8, 4) is 11.8 Å². The number of anilines is 1. The lowest BCUT2D eigenvalue weighted by Gasteiger charge is -2.11. The minimum Gasteiger partial charge on any atom is -0.495 e. The first-order valence-corrected chi connectivity index (χ1v) is 6.45. The molecule has 0 atom stereocenters. The highest BCUT2D eigenvalue weighted by Gasteiger charge is 2.14. The van der Waals surface area contributed by atoms with E-state index >= 15 is 0 Å². The number of nitrogens with zero attached hydrogens (tertiary/aromatic N) is 2. The Morgan fingerprint density at radius 1 is 1.40 bits per heavy atom. The third-order valence-corrected chi connectivity index (χ3v) is 3.03. The number of carbonyl (C=O) groups excluding carboxylic acids is 1. The van der Waals surface area contributed by atoms with Crippen molar-refractivity contribution >= 4 is 27.5 Å². The van der Waals surface area contributed by atoms with Crippen LogP contribution in [-0.4, -0.2) is 18.0 Å². The van der Waals surface area contributed by atoms with E-state index in [1.165, 1.54) is 13.3 Å². The summed E-state index contributed by atoms with van der Waals surface area (Å²) in [5.41, 5.74) is 0.921. The number of benzene rings is 1. The zero-order valence-electron chi connectivity index (χ0n) is 10.6. The third kappa shape index (κ3) is 2.95. The molecule has 0 spiro atoms. The van der Waals surface area contributed by atoms with Crippen molar-refractivity contribution in [2.45, 2.75) is 0 Å². The Balaban J connectivity index is 2.32. The van der Waals surface area contributed by atoms with Gasteiger partial charge in [0, 0.05) is 10.7 Å². The molecule has 100 valence electrons. The van der Waals surface area contributed by atoms with Crippen molar-refractivity contribution in [1.82, 2.24) is 4.98 Å². The Kier molecular flexibility index (Phi) is 4.33. The fourth-order valence-electron chi connectivity index (χ4n) is 1.61. The molecule has 0 unspecified atom stereocenters. The highest BCUT2D eigenvalue weighted by Crippen LogP contribution is 2.28. The Morgan fingerprint density at radius 3 is 2.80 bits per heavy atom. The molecule has 0 aliphatic heterocycles. The molecule has 1 aromatic heterocycles. The number of amides is 1. The van der Waals surface area contributed by atoms with Crippen LogP contribution in [0.2, 0.25) is 0 Å². The van der Waals surface area contributed by atoms with Crippen molar-refractivity contribution < 1.29 is 9.53 Å². The summed E-state index contributed by atoms with van der Waals surface area (Å²) in [6, 6.07) is 10.3. The summed E-state index contributed by atoms with van der Waals surface area (Å²) in [7, 11) is 1.48. The lowest BCUT2D eigenvalue weighted by molar-refractivity contribution is 0.102. The standard InChI is InChI=1S/C14H10BrN3O2/c1-20-12-4-2-3-9(7-16)13(12)18-14(19)11-6-5-10(15)8-17-11/h2-6,8H,1H3,(H,18,19). The van der Waals surface area contributed by atoms with Crippen molar-refractivity contribution in [1.29, 1.82) is 5.26 Å². The van der Waals surface area contributed by atoms with Crippen LogP contribution in [0.15, 0.2) is 41.0 Å². The monoisotopic (exact) mass is 331 g/mol. The normalized spacial score (nSPS) is 9.65. The first kappa shape index (κ1) is 14.0. The van der Waals surface area contributed by atoms with Crippen LogP contribution in [0.3, 0.4) is 0 Å². The third-order valence-electron chi connectivity index (χ3n) is 2.57. The number of hydrogen-bond acceptors (Lipinski definition) is 4. The molecule has 0 aliphatic carbocycles. The highest BCUT2D eigenvalue weighted by molar-refractivity contribution is 9.10. The minimum atomic E-state index is -0.404. The van der Waals surface area contributed by atoms with Gasteiger partial charge in [0.2, 0.25) is 0 Å². The summed E-state index contributed by atoms with van der Waals surface area (Å²) < 4.78 is 5.93. The van der Waals surface area contributed by atoms with Crippen LogP contribution in [0.5, 0.6) is 5.75 Å². The van der Waals surface area contributed by atoms with E-state index in [1.807, 2.05) is 6.07 Å². The fourth-order valence-corrected chi connectivity index (χ4v) is 1.85. The molecule has 2 aromatic rings. The molecule has 1 aromatic carbocycles. The predicted molar refractivity (Wildman–Crippen MR) is 77.6 cm³/mol. The predicted octanol–water partition coefficient (Wildman–Crippen LogP) is 2.98. The van der Waals surface area contributed by atoms with Crippen LogP contribution in [-0.2, 0) is 0 Å². The van der Waals surface area contributed by atoms with Gasteiger partial charge in [-0.1, -0.05) is 6.07 Å². The summed E-state index contributed by atoms with van der Waals surface area (Å²) in [6.45, 7) is 0. The first-order chi connectivity index (χ1) is 9.65. The van der Waals surface area contributed by atoms with Crippen LogP contribution in [0, 0.1) is 11.3 Å². The van der Waals surface area contributed by atoms with Gasteiger partial charge in [-0.3, -0.25) is 4.79 Å². The Morgan fingerprint density at radius 2 is 2.20 bits per heavy atom. The number of carbonyl (C=O) groups is 1. The number of aromatic nitrogens is 1. The molecule has 1 amide bonds. The van der Waals surface area contributed by atoms with Gasteiger partial charge in [-0.25, -0.2) is 4.98 Å². The van der Waals surface area contributed by atoms with Gasteiger partial charge in [0.15, 0.2) is 0 Å². The minimum absolute atomic E-state index is 0.253. The largest absolute Gasteiger partial charge is 0.495 e. The van der Waals surface area contributed by atoms with Gasteiger partial charge >= 0.3 is 0 Å². The summed E-state index contributed by atoms with van der Waals surface area (Å²) in [6.07, 6.45) is 1.53. The second-order valence-electron chi connectivity index (χ2n) is 3.81. The quantitative estimate of drug-likeness (QED) is 0.938. The van der Waals surface area contributed by atoms with E-state index in [1.54, 1.807) is 30.3 Å². The molecular formula is C14H10BrN3O2. The van der Waals surface area contributed by atoms with Gasteiger partial charge in [0.1, 0.15) is 23.2 Å². The zero-order chi connectivity index (χ0) is 14.5. The number of para-hydroxylation sites is 1. The molecule has 5 nitrogen and oxygen atoms in total. The topological polar surface area (TPSA) is 75.0 Å². The Labute approximate surface area is 124 Å². The molecule has 2 rings (SSSR count). The van der Waals surface area contributed by atoms with E-state index < -0.39 is 5.91 Å². The number of halogens is 1. The van der Waals surface area contributed by atoms with Crippen LogP contribution in [0.1, 0.15) is 16.1 Å². The number of hydrogen-bond donors (Lipinski definition) is 1. The number of methoxy groups -OCH3 is 1. The highest BCUT2D eigenvalue weighted by atomic mass is 79.9. The zero-order valence-corrected chi connectivity index (χ0v) is 12.1.